The maximum absolute atomic E-state index is 13.5. The minimum absolute atomic E-state index is 0.213. The zero-order chi connectivity index (χ0) is 10.8. The summed E-state index contributed by atoms with van der Waals surface area (Å²) in [7, 11) is 1.53. The molecule has 0 aliphatic carbocycles. The number of halogens is 1. The lowest BCUT2D eigenvalue weighted by molar-refractivity contribution is 0.140. The quantitative estimate of drug-likeness (QED) is 0.808. The predicted molar refractivity (Wildman–Crippen MR) is 56.2 cm³/mol. The van der Waals surface area contributed by atoms with E-state index in [1.54, 1.807) is 12.1 Å². The lowest BCUT2D eigenvalue weighted by Crippen LogP contribution is -2.54. The van der Waals surface area contributed by atoms with Crippen molar-refractivity contribution in [2.45, 2.75) is 12.6 Å². The number of hydrogen-bond donors (Lipinski definition) is 1. The van der Waals surface area contributed by atoms with E-state index in [4.69, 9.17) is 10.5 Å². The summed E-state index contributed by atoms with van der Waals surface area (Å²) < 4.78 is 18.5. The van der Waals surface area contributed by atoms with Gasteiger partial charge in [0.2, 0.25) is 0 Å². The molecule has 0 saturated carbocycles. The van der Waals surface area contributed by atoms with Crippen LogP contribution >= 0.6 is 0 Å². The van der Waals surface area contributed by atoms with Crippen LogP contribution in [0.5, 0.6) is 5.75 Å². The van der Waals surface area contributed by atoms with Crippen LogP contribution in [0.25, 0.3) is 0 Å². The summed E-state index contributed by atoms with van der Waals surface area (Å²) in [5.41, 5.74) is 6.35. The van der Waals surface area contributed by atoms with Crippen molar-refractivity contribution < 1.29 is 9.13 Å². The van der Waals surface area contributed by atoms with Crippen LogP contribution in [0.15, 0.2) is 18.2 Å². The third-order valence-electron chi connectivity index (χ3n) is 2.64. The maximum Gasteiger partial charge on any atom is 0.131 e. The highest BCUT2D eigenvalue weighted by Gasteiger charge is 2.23. The van der Waals surface area contributed by atoms with Gasteiger partial charge in [-0.1, -0.05) is 6.07 Å². The van der Waals surface area contributed by atoms with Gasteiger partial charge in [-0.15, -0.1) is 0 Å². The second-order valence-corrected chi connectivity index (χ2v) is 3.91. The van der Waals surface area contributed by atoms with Gasteiger partial charge in [0.25, 0.3) is 0 Å². The SMILES string of the molecule is COc1ccc(CN2CC(N)C2)c(F)c1. The Morgan fingerprint density at radius 2 is 2.27 bits per heavy atom. The van der Waals surface area contributed by atoms with E-state index >= 15 is 0 Å². The summed E-state index contributed by atoms with van der Waals surface area (Å²) >= 11 is 0. The van der Waals surface area contributed by atoms with E-state index in [0.29, 0.717) is 17.9 Å². The Kier molecular flexibility index (Phi) is 2.88. The van der Waals surface area contributed by atoms with E-state index in [-0.39, 0.29) is 11.9 Å². The highest BCUT2D eigenvalue weighted by molar-refractivity contribution is 5.29. The van der Waals surface area contributed by atoms with Gasteiger partial charge in [0.15, 0.2) is 0 Å². The Bertz CT molecular complexity index is 350. The van der Waals surface area contributed by atoms with Crippen molar-refractivity contribution in [2.24, 2.45) is 5.73 Å². The van der Waals surface area contributed by atoms with Crippen molar-refractivity contribution in [1.29, 1.82) is 0 Å². The molecule has 1 aliphatic heterocycles. The summed E-state index contributed by atoms with van der Waals surface area (Å²) in [6, 6.07) is 5.21. The molecule has 1 saturated heterocycles. The van der Waals surface area contributed by atoms with E-state index in [0.717, 1.165) is 13.1 Å². The molecular formula is C11H15FN2O. The number of nitrogens with two attached hydrogens (primary N) is 1. The monoisotopic (exact) mass is 210 g/mol. The Labute approximate surface area is 88.6 Å². The van der Waals surface area contributed by atoms with Gasteiger partial charge in [0, 0.05) is 37.3 Å². The molecule has 1 fully saturated rings. The third kappa shape index (κ3) is 2.27. The molecular weight excluding hydrogens is 195 g/mol. The first-order chi connectivity index (χ1) is 7.19. The molecule has 2 N–H and O–H groups in total. The normalized spacial score (nSPS) is 17.5. The van der Waals surface area contributed by atoms with Gasteiger partial charge >= 0.3 is 0 Å². The van der Waals surface area contributed by atoms with Crippen LogP contribution in [0.2, 0.25) is 0 Å². The minimum Gasteiger partial charge on any atom is -0.497 e. The maximum atomic E-state index is 13.5. The van der Waals surface area contributed by atoms with E-state index < -0.39 is 0 Å². The number of rotatable bonds is 3. The van der Waals surface area contributed by atoms with Crippen LogP contribution in [0, 0.1) is 5.82 Å². The van der Waals surface area contributed by atoms with Gasteiger partial charge in [0.05, 0.1) is 7.11 Å². The van der Waals surface area contributed by atoms with Crippen LogP contribution < -0.4 is 10.5 Å². The van der Waals surface area contributed by atoms with Crippen LogP contribution in [-0.2, 0) is 6.54 Å². The van der Waals surface area contributed by atoms with Crippen molar-refractivity contribution in [3.8, 4) is 5.75 Å². The summed E-state index contributed by atoms with van der Waals surface area (Å²) in [6.07, 6.45) is 0. The third-order valence-corrected chi connectivity index (χ3v) is 2.64. The topological polar surface area (TPSA) is 38.5 Å². The highest BCUT2D eigenvalue weighted by Crippen LogP contribution is 2.19. The molecule has 15 heavy (non-hydrogen) atoms. The van der Waals surface area contributed by atoms with Gasteiger partial charge in [0.1, 0.15) is 11.6 Å². The minimum atomic E-state index is -0.213. The fourth-order valence-electron chi connectivity index (χ4n) is 1.76. The second-order valence-electron chi connectivity index (χ2n) is 3.91. The van der Waals surface area contributed by atoms with Crippen molar-refractivity contribution in [3.05, 3.63) is 29.6 Å². The fourth-order valence-corrected chi connectivity index (χ4v) is 1.76. The summed E-state index contributed by atoms with van der Waals surface area (Å²) in [4.78, 5) is 2.12. The molecule has 1 aromatic rings. The van der Waals surface area contributed by atoms with Crippen LogP contribution in [0.3, 0.4) is 0 Å². The number of ether oxygens (including phenoxy) is 1. The Hall–Kier alpha value is -1.13. The average Bonchev–Trinajstić information content (AvgIpc) is 2.18. The highest BCUT2D eigenvalue weighted by atomic mass is 19.1. The van der Waals surface area contributed by atoms with Gasteiger partial charge in [-0.25, -0.2) is 4.39 Å². The van der Waals surface area contributed by atoms with Crippen molar-refractivity contribution >= 4 is 0 Å². The first-order valence-corrected chi connectivity index (χ1v) is 4.99. The molecule has 0 amide bonds. The van der Waals surface area contributed by atoms with Gasteiger partial charge in [-0.2, -0.15) is 0 Å². The van der Waals surface area contributed by atoms with Crippen molar-refractivity contribution in [2.75, 3.05) is 20.2 Å². The Balaban J connectivity index is 2.02. The van der Waals surface area contributed by atoms with Crippen molar-refractivity contribution in [1.82, 2.24) is 4.90 Å². The van der Waals surface area contributed by atoms with E-state index in [1.807, 2.05) is 0 Å². The first kappa shape index (κ1) is 10.4. The average molecular weight is 210 g/mol. The van der Waals surface area contributed by atoms with Gasteiger partial charge in [-0.05, 0) is 6.07 Å². The molecule has 0 radical (unpaired) electrons. The largest absolute Gasteiger partial charge is 0.497 e. The van der Waals surface area contributed by atoms with Gasteiger partial charge < -0.3 is 10.5 Å². The molecule has 0 atom stereocenters. The zero-order valence-corrected chi connectivity index (χ0v) is 8.74. The van der Waals surface area contributed by atoms with E-state index in [2.05, 4.69) is 4.90 Å². The lowest BCUT2D eigenvalue weighted by Gasteiger charge is -2.36. The zero-order valence-electron chi connectivity index (χ0n) is 8.74. The smallest absolute Gasteiger partial charge is 0.131 e. The standard InChI is InChI=1S/C11H15FN2O/c1-15-10-3-2-8(11(12)4-10)5-14-6-9(13)7-14/h2-4,9H,5-7,13H2,1H3. The number of methoxy groups -OCH3 is 1. The summed E-state index contributed by atoms with van der Waals surface area (Å²) in [5.74, 6) is 0.339. The number of nitrogens with zero attached hydrogens (tertiary/aromatic N) is 1. The molecule has 82 valence electrons. The van der Waals surface area contributed by atoms with Crippen LogP contribution in [-0.4, -0.2) is 31.1 Å². The number of likely N-dealkylation sites (tertiary alicyclic amines) is 1. The van der Waals surface area contributed by atoms with Gasteiger partial charge in [-0.3, -0.25) is 4.90 Å². The second kappa shape index (κ2) is 4.16. The molecule has 4 heteroatoms. The summed E-state index contributed by atoms with van der Waals surface area (Å²) in [6.45, 7) is 2.33. The lowest BCUT2D eigenvalue weighted by atomic mass is 10.1. The van der Waals surface area contributed by atoms with Crippen LogP contribution in [0.4, 0.5) is 4.39 Å². The Morgan fingerprint density at radius 1 is 1.53 bits per heavy atom. The molecule has 3 nitrogen and oxygen atoms in total. The molecule has 1 aromatic carbocycles. The molecule has 0 spiro atoms. The molecule has 2 rings (SSSR count). The Morgan fingerprint density at radius 3 is 2.80 bits per heavy atom. The molecule has 0 bridgehead atoms. The molecule has 1 heterocycles. The predicted octanol–water partition coefficient (Wildman–Crippen LogP) is 0.977. The molecule has 1 aliphatic rings. The van der Waals surface area contributed by atoms with E-state index in [9.17, 15) is 4.39 Å². The van der Waals surface area contributed by atoms with E-state index in [1.165, 1.54) is 13.2 Å². The number of hydrogen-bond acceptors (Lipinski definition) is 3. The number of benzene rings is 1. The fraction of sp³-hybridized carbons (Fsp3) is 0.455. The first-order valence-electron chi connectivity index (χ1n) is 4.99. The van der Waals surface area contributed by atoms with Crippen molar-refractivity contribution in [3.63, 3.8) is 0 Å². The summed E-state index contributed by atoms with van der Waals surface area (Å²) in [5, 5.41) is 0. The molecule has 0 unspecified atom stereocenters. The van der Waals surface area contributed by atoms with Crippen LogP contribution in [0.1, 0.15) is 5.56 Å². The molecule has 0 aromatic heterocycles.